The normalized spacial score (nSPS) is 11.7. The van der Waals surface area contributed by atoms with Gasteiger partial charge in [0.2, 0.25) is 5.96 Å². The Morgan fingerprint density at radius 1 is 0.905 bits per heavy atom. The van der Waals surface area contributed by atoms with Gasteiger partial charge in [0.25, 0.3) is 0 Å². The molecule has 0 aliphatic carbocycles. The lowest BCUT2D eigenvalue weighted by atomic mass is 9.77. The number of nitrogens with one attached hydrogen (secondary N) is 2. The number of hydrogen-bond acceptors (Lipinski definition) is 6. The van der Waals surface area contributed by atoms with Crippen LogP contribution in [-0.4, -0.2) is 62.9 Å². The monoisotopic (exact) mass is 571 g/mol. The Kier molecular flexibility index (Phi) is 9.87. The maximum absolute atomic E-state index is 11.5. The van der Waals surface area contributed by atoms with Gasteiger partial charge in [-0.3, -0.25) is 10.6 Å². The highest BCUT2D eigenvalue weighted by molar-refractivity contribution is 6.08. The zero-order valence-electron chi connectivity index (χ0n) is 22.8. The van der Waals surface area contributed by atoms with Crippen molar-refractivity contribution in [2.45, 2.75) is 18.5 Å². The summed E-state index contributed by atoms with van der Waals surface area (Å²) in [5.74, 6) is -0.319. The molecule has 0 aliphatic heterocycles. The van der Waals surface area contributed by atoms with Gasteiger partial charge in [0.15, 0.2) is 0 Å². The molecule has 0 radical (unpaired) electrons. The molecular formula is C30H33N7O5. The largest absolute Gasteiger partial charge is 0.465 e. The molecule has 0 saturated carbocycles. The maximum atomic E-state index is 11.5. The number of nitrogens with two attached hydrogens (primary N) is 1. The smallest absolute Gasteiger partial charge is 0.434 e. The minimum absolute atomic E-state index is 0.104. The Labute approximate surface area is 242 Å². The lowest BCUT2D eigenvalue weighted by Gasteiger charge is -2.37. The quantitative estimate of drug-likeness (QED) is 0.0680. The van der Waals surface area contributed by atoms with Crippen molar-refractivity contribution in [2.75, 3.05) is 30.3 Å². The van der Waals surface area contributed by atoms with Gasteiger partial charge in [0.05, 0.1) is 24.9 Å². The lowest BCUT2D eigenvalue weighted by Crippen LogP contribution is -2.47. The fraction of sp³-hybridized carbons (Fsp3) is 0.200. The molecule has 0 saturated heterocycles. The molecule has 3 aromatic carbocycles. The van der Waals surface area contributed by atoms with E-state index in [2.05, 4.69) is 57.1 Å². The van der Waals surface area contributed by atoms with E-state index >= 15 is 0 Å². The number of hydrogen-bond donors (Lipinski definition) is 6. The Bertz CT molecular complexity index is 1400. The summed E-state index contributed by atoms with van der Waals surface area (Å²) in [7, 11) is 0. The van der Waals surface area contributed by atoms with Crippen molar-refractivity contribution >= 4 is 29.7 Å². The molecular weight excluding hydrogens is 538 g/mol. The Morgan fingerprint density at radius 3 is 1.88 bits per heavy atom. The van der Waals surface area contributed by atoms with Crippen LogP contribution in [0, 0.1) is 0 Å². The number of aliphatic imine (C=N–C) groups is 1. The van der Waals surface area contributed by atoms with Gasteiger partial charge in [0, 0.05) is 6.54 Å². The molecule has 1 heterocycles. The SMILES string of the molecule is Nc1c(N(CCCNC(c2ccccc2)(c2ccccc2)c2ccccc2)C(=NC(=O)O)NC(=O)O)cnn1CCO. The van der Waals surface area contributed by atoms with Crippen LogP contribution in [0.2, 0.25) is 0 Å². The molecule has 0 atom stereocenters. The van der Waals surface area contributed by atoms with Crippen LogP contribution in [0.25, 0.3) is 0 Å². The van der Waals surface area contributed by atoms with E-state index in [0.717, 1.165) is 16.7 Å². The number of nitrogens with zero attached hydrogens (tertiary/aromatic N) is 4. The van der Waals surface area contributed by atoms with E-state index < -0.39 is 23.7 Å². The zero-order chi connectivity index (χ0) is 30.0. The fourth-order valence-corrected chi connectivity index (χ4v) is 4.93. The predicted octanol–water partition coefficient (Wildman–Crippen LogP) is 3.54. The molecule has 0 unspecified atom stereocenters. The number of carbonyl (C=O) groups is 2. The van der Waals surface area contributed by atoms with Crippen molar-refractivity contribution < 1.29 is 24.9 Å². The van der Waals surface area contributed by atoms with Gasteiger partial charge in [0.1, 0.15) is 11.5 Å². The van der Waals surface area contributed by atoms with E-state index in [9.17, 15) is 24.9 Å². The summed E-state index contributed by atoms with van der Waals surface area (Å²) in [4.78, 5) is 27.9. The second-order valence-electron chi connectivity index (χ2n) is 9.29. The number of aliphatic hydroxyl groups excluding tert-OH is 1. The van der Waals surface area contributed by atoms with Crippen LogP contribution in [-0.2, 0) is 12.1 Å². The van der Waals surface area contributed by atoms with Crippen LogP contribution in [0.5, 0.6) is 0 Å². The van der Waals surface area contributed by atoms with Gasteiger partial charge >= 0.3 is 12.2 Å². The van der Waals surface area contributed by atoms with E-state index in [1.54, 1.807) is 0 Å². The summed E-state index contributed by atoms with van der Waals surface area (Å²) in [5, 5.41) is 38.1. The zero-order valence-corrected chi connectivity index (χ0v) is 22.8. The third-order valence-corrected chi connectivity index (χ3v) is 6.71. The second kappa shape index (κ2) is 13.9. The molecule has 12 nitrogen and oxygen atoms in total. The summed E-state index contributed by atoms with van der Waals surface area (Å²) in [6.45, 7) is 0.433. The first-order chi connectivity index (χ1) is 20.4. The molecule has 0 fully saturated rings. The number of benzene rings is 3. The highest BCUT2D eigenvalue weighted by Crippen LogP contribution is 2.36. The predicted molar refractivity (Wildman–Crippen MR) is 160 cm³/mol. The Morgan fingerprint density at radius 2 is 1.43 bits per heavy atom. The highest BCUT2D eigenvalue weighted by Gasteiger charge is 2.35. The van der Waals surface area contributed by atoms with E-state index in [0.29, 0.717) is 13.0 Å². The molecule has 7 N–H and O–H groups in total. The first-order valence-corrected chi connectivity index (χ1v) is 13.3. The Balaban J connectivity index is 1.69. The maximum Gasteiger partial charge on any atom is 0.434 e. The molecule has 42 heavy (non-hydrogen) atoms. The number of anilines is 2. The molecule has 4 aromatic rings. The average Bonchev–Trinajstić information content (AvgIpc) is 3.35. The van der Waals surface area contributed by atoms with Crippen LogP contribution in [0.3, 0.4) is 0 Å². The molecule has 0 bridgehead atoms. The molecule has 2 amide bonds. The number of amides is 2. The van der Waals surface area contributed by atoms with Gasteiger partial charge in [-0.05, 0) is 29.7 Å². The topological polar surface area (TPSA) is 178 Å². The summed E-state index contributed by atoms with van der Waals surface area (Å²) < 4.78 is 1.34. The third-order valence-electron chi connectivity index (χ3n) is 6.71. The number of aliphatic hydroxyl groups is 1. The van der Waals surface area contributed by atoms with E-state index in [1.807, 2.05) is 54.6 Å². The van der Waals surface area contributed by atoms with Crippen LogP contribution in [0.4, 0.5) is 21.1 Å². The van der Waals surface area contributed by atoms with E-state index in [-0.39, 0.29) is 31.2 Å². The fourth-order valence-electron chi connectivity index (χ4n) is 4.93. The molecule has 4 rings (SSSR count). The molecule has 12 heteroatoms. The van der Waals surface area contributed by atoms with Gasteiger partial charge in [-0.25, -0.2) is 14.3 Å². The van der Waals surface area contributed by atoms with Crippen molar-refractivity contribution in [2.24, 2.45) is 4.99 Å². The number of carboxylic acid groups (broad SMARTS) is 2. The van der Waals surface area contributed by atoms with Crippen LogP contribution in [0.15, 0.2) is 102 Å². The van der Waals surface area contributed by atoms with Gasteiger partial charge in [-0.2, -0.15) is 5.10 Å². The molecule has 1 aromatic heterocycles. The first kappa shape index (κ1) is 29.8. The third kappa shape index (κ3) is 6.74. The molecule has 218 valence electrons. The molecule has 0 spiro atoms. The number of rotatable bonds is 11. The van der Waals surface area contributed by atoms with Crippen molar-refractivity contribution in [3.63, 3.8) is 0 Å². The minimum Gasteiger partial charge on any atom is -0.465 e. The van der Waals surface area contributed by atoms with Gasteiger partial charge in [-0.1, -0.05) is 91.0 Å². The van der Waals surface area contributed by atoms with Crippen molar-refractivity contribution in [1.29, 1.82) is 0 Å². The van der Waals surface area contributed by atoms with E-state index in [1.165, 1.54) is 15.8 Å². The van der Waals surface area contributed by atoms with Crippen LogP contribution in [0.1, 0.15) is 23.1 Å². The van der Waals surface area contributed by atoms with Gasteiger partial charge in [-0.15, -0.1) is 4.99 Å². The second-order valence-corrected chi connectivity index (χ2v) is 9.29. The van der Waals surface area contributed by atoms with Crippen LogP contribution >= 0.6 is 0 Å². The van der Waals surface area contributed by atoms with Crippen LogP contribution < -0.4 is 21.3 Å². The lowest BCUT2D eigenvalue weighted by molar-refractivity contribution is 0.200. The standard InChI is InChI=1S/C30H33N7O5/c31-26-25(21-33-37(26)19-20-38)36(27(34-28(39)40)35-29(41)42)18-10-17-32-30(22-11-4-1-5-12-22,23-13-6-2-7-14-23)24-15-8-3-9-16-24/h1-9,11-16,21,32,38H,10,17-20,31H2,(H,34,35)(H,39,40)(H,41,42). The summed E-state index contributed by atoms with van der Waals surface area (Å²) in [6.07, 6.45) is -1.28. The van der Waals surface area contributed by atoms with Crippen molar-refractivity contribution in [1.82, 2.24) is 20.4 Å². The summed E-state index contributed by atoms with van der Waals surface area (Å²) >= 11 is 0. The highest BCUT2D eigenvalue weighted by atomic mass is 16.4. The minimum atomic E-state index is -1.58. The van der Waals surface area contributed by atoms with E-state index in [4.69, 9.17) is 5.73 Å². The number of guanidine groups is 1. The van der Waals surface area contributed by atoms with Crippen molar-refractivity contribution in [3.8, 4) is 0 Å². The van der Waals surface area contributed by atoms with Gasteiger partial charge < -0.3 is 26.0 Å². The average molecular weight is 572 g/mol. The van der Waals surface area contributed by atoms with Crippen molar-refractivity contribution in [3.05, 3.63) is 114 Å². The Hall–Kier alpha value is -5.20. The summed E-state index contributed by atoms with van der Waals surface area (Å²) in [6, 6.07) is 30.1. The molecule has 0 aliphatic rings. The number of aromatic nitrogens is 2. The first-order valence-electron chi connectivity index (χ1n) is 13.3. The summed E-state index contributed by atoms with van der Waals surface area (Å²) in [5.41, 5.74) is 8.84. The number of nitrogen functional groups attached to an aromatic ring is 1.